The summed E-state index contributed by atoms with van der Waals surface area (Å²) in [7, 11) is 0. The molecule has 2 aliphatic rings. The Balaban J connectivity index is 2.29. The zero-order valence-electron chi connectivity index (χ0n) is 16.1. The molecule has 5 atom stereocenters. The summed E-state index contributed by atoms with van der Waals surface area (Å²) in [5.41, 5.74) is 7.85. The van der Waals surface area contributed by atoms with Crippen LogP contribution >= 0.6 is 0 Å². The number of hydrogen-bond acceptors (Lipinski definition) is 3. The molecule has 0 aromatic heterocycles. The predicted octanol–water partition coefficient (Wildman–Crippen LogP) is 3.88. The number of rotatable bonds is 3. The number of allylic oxidation sites excluding steroid dienone is 1. The number of aliphatic hydroxyl groups excluding tert-OH is 2. The van der Waals surface area contributed by atoms with E-state index in [9.17, 15) is 10.2 Å². The minimum Gasteiger partial charge on any atom is -0.396 e. The largest absolute Gasteiger partial charge is 0.396 e. The van der Waals surface area contributed by atoms with Gasteiger partial charge in [0.15, 0.2) is 0 Å². The first-order chi connectivity index (χ1) is 11.2. The van der Waals surface area contributed by atoms with E-state index in [0.717, 1.165) is 51.5 Å². The second-order valence-electron chi connectivity index (χ2n) is 9.33. The van der Waals surface area contributed by atoms with Crippen LogP contribution in [0.4, 0.5) is 0 Å². The van der Waals surface area contributed by atoms with Gasteiger partial charge in [-0.05, 0) is 86.5 Å². The molecule has 140 valence electrons. The molecule has 0 spiro atoms. The van der Waals surface area contributed by atoms with Crippen molar-refractivity contribution in [2.75, 3.05) is 13.2 Å². The van der Waals surface area contributed by atoms with Crippen molar-refractivity contribution in [1.82, 2.24) is 0 Å². The molecule has 0 heterocycles. The van der Waals surface area contributed by atoms with Crippen LogP contribution in [0.25, 0.3) is 0 Å². The quantitative estimate of drug-likeness (QED) is 0.685. The monoisotopic (exact) mass is 337 g/mol. The maximum absolute atomic E-state index is 10.1. The van der Waals surface area contributed by atoms with E-state index in [-0.39, 0.29) is 29.5 Å². The number of nitrogens with two attached hydrogens (primary N) is 1. The summed E-state index contributed by atoms with van der Waals surface area (Å²) >= 11 is 0. The lowest BCUT2D eigenvalue weighted by Crippen LogP contribution is -2.47. The smallest absolute Gasteiger partial charge is 0.0544 e. The first-order valence-electron chi connectivity index (χ1n) is 9.92. The number of aliphatic hydroxyl groups is 2. The average molecular weight is 338 g/mol. The Morgan fingerprint density at radius 1 is 1.17 bits per heavy atom. The molecule has 0 amide bonds. The van der Waals surface area contributed by atoms with Gasteiger partial charge >= 0.3 is 0 Å². The van der Waals surface area contributed by atoms with Crippen molar-refractivity contribution in [3.8, 4) is 0 Å². The van der Waals surface area contributed by atoms with Crippen molar-refractivity contribution in [2.45, 2.75) is 78.2 Å². The van der Waals surface area contributed by atoms with Crippen LogP contribution in [0.3, 0.4) is 0 Å². The zero-order chi connectivity index (χ0) is 18.0. The van der Waals surface area contributed by atoms with Gasteiger partial charge in [-0.2, -0.15) is 0 Å². The van der Waals surface area contributed by atoms with Crippen LogP contribution in [0, 0.1) is 28.6 Å². The molecule has 2 saturated carbocycles. The molecule has 4 unspecified atom stereocenters. The molecule has 0 bridgehead atoms. The van der Waals surface area contributed by atoms with Crippen molar-refractivity contribution in [3.63, 3.8) is 0 Å². The standard InChI is InChI=1S/C21H39NO2/c1-15-6-5-7-16(13-22)19(9-10-20(15,2)3)21(4)11-8-18(24)12-17(21)14-23/h16-19,23-24H,1,5-14,22H2,2-4H3/t16-,17?,18?,19?,21?/m1/s1. The fraction of sp³-hybridized carbons (Fsp3) is 0.905. The lowest BCUT2D eigenvalue weighted by molar-refractivity contribution is -0.0622. The minimum atomic E-state index is -0.251. The molecule has 3 heteroatoms. The molecule has 2 aliphatic carbocycles. The molecular formula is C21H39NO2. The molecule has 4 N–H and O–H groups in total. The van der Waals surface area contributed by atoms with Crippen LogP contribution in [0.2, 0.25) is 0 Å². The lowest BCUT2D eigenvalue weighted by Gasteiger charge is -2.50. The van der Waals surface area contributed by atoms with Gasteiger partial charge in [0.1, 0.15) is 0 Å². The summed E-state index contributed by atoms with van der Waals surface area (Å²) in [6.45, 7) is 12.3. The fourth-order valence-corrected chi connectivity index (χ4v) is 5.36. The van der Waals surface area contributed by atoms with E-state index in [2.05, 4.69) is 27.4 Å². The third-order valence-electron chi connectivity index (χ3n) is 7.54. The molecular weight excluding hydrogens is 298 g/mol. The molecule has 2 rings (SSSR count). The molecule has 0 aromatic rings. The van der Waals surface area contributed by atoms with Crippen molar-refractivity contribution < 1.29 is 10.2 Å². The molecule has 0 aliphatic heterocycles. The van der Waals surface area contributed by atoms with E-state index in [0.29, 0.717) is 11.8 Å². The Bertz CT molecular complexity index is 434. The Labute approximate surface area is 148 Å². The second kappa shape index (κ2) is 7.88. The van der Waals surface area contributed by atoms with Crippen LogP contribution < -0.4 is 5.73 Å². The molecule has 0 radical (unpaired) electrons. The molecule has 0 saturated heterocycles. The zero-order valence-corrected chi connectivity index (χ0v) is 16.1. The summed E-state index contributed by atoms with van der Waals surface area (Å²) in [6.07, 6.45) is 8.07. The first-order valence-corrected chi connectivity index (χ1v) is 9.92. The summed E-state index contributed by atoms with van der Waals surface area (Å²) in [5, 5.41) is 20.1. The van der Waals surface area contributed by atoms with E-state index >= 15 is 0 Å². The molecule has 0 aromatic carbocycles. The highest BCUT2D eigenvalue weighted by atomic mass is 16.3. The van der Waals surface area contributed by atoms with E-state index in [1.165, 1.54) is 12.0 Å². The topological polar surface area (TPSA) is 66.5 Å². The van der Waals surface area contributed by atoms with Gasteiger partial charge in [0.25, 0.3) is 0 Å². The highest BCUT2D eigenvalue weighted by Crippen LogP contribution is 2.53. The Hall–Kier alpha value is -0.380. The minimum absolute atomic E-state index is 0.0831. The third kappa shape index (κ3) is 4.05. The summed E-state index contributed by atoms with van der Waals surface area (Å²) < 4.78 is 0. The van der Waals surface area contributed by atoms with Gasteiger partial charge in [-0.15, -0.1) is 0 Å². The van der Waals surface area contributed by atoms with E-state index in [4.69, 9.17) is 5.73 Å². The molecule has 3 nitrogen and oxygen atoms in total. The number of hydrogen-bond donors (Lipinski definition) is 3. The normalized spacial score (nSPS) is 41.3. The summed E-state index contributed by atoms with van der Waals surface area (Å²) in [5.74, 6) is 1.23. The maximum atomic E-state index is 10.1. The van der Waals surface area contributed by atoms with Crippen molar-refractivity contribution in [1.29, 1.82) is 0 Å². The second-order valence-corrected chi connectivity index (χ2v) is 9.33. The van der Waals surface area contributed by atoms with Gasteiger partial charge in [0, 0.05) is 6.61 Å². The van der Waals surface area contributed by atoms with E-state index in [1.54, 1.807) is 0 Å². The van der Waals surface area contributed by atoms with Gasteiger partial charge in [-0.25, -0.2) is 0 Å². The molecule has 2 fully saturated rings. The van der Waals surface area contributed by atoms with Gasteiger partial charge in [0.2, 0.25) is 0 Å². The van der Waals surface area contributed by atoms with Crippen molar-refractivity contribution in [2.24, 2.45) is 34.3 Å². The highest BCUT2D eigenvalue weighted by molar-refractivity contribution is 5.08. The van der Waals surface area contributed by atoms with E-state index in [1.807, 2.05) is 0 Å². The van der Waals surface area contributed by atoms with Crippen LogP contribution in [-0.4, -0.2) is 29.5 Å². The molecule has 24 heavy (non-hydrogen) atoms. The van der Waals surface area contributed by atoms with Gasteiger partial charge in [0.05, 0.1) is 6.10 Å². The first kappa shape index (κ1) is 19.9. The Morgan fingerprint density at radius 2 is 1.88 bits per heavy atom. The van der Waals surface area contributed by atoms with Crippen LogP contribution in [0.15, 0.2) is 12.2 Å². The summed E-state index contributed by atoms with van der Waals surface area (Å²) in [4.78, 5) is 0. The average Bonchev–Trinajstić information content (AvgIpc) is 2.59. The van der Waals surface area contributed by atoms with Crippen LogP contribution in [-0.2, 0) is 0 Å². The predicted molar refractivity (Wildman–Crippen MR) is 101 cm³/mol. The van der Waals surface area contributed by atoms with Gasteiger partial charge in [-0.3, -0.25) is 0 Å². The lowest BCUT2D eigenvalue weighted by atomic mass is 9.55. The van der Waals surface area contributed by atoms with E-state index < -0.39 is 0 Å². The van der Waals surface area contributed by atoms with Crippen LogP contribution in [0.1, 0.15) is 72.1 Å². The highest BCUT2D eigenvalue weighted by Gasteiger charge is 2.47. The van der Waals surface area contributed by atoms with Crippen LogP contribution in [0.5, 0.6) is 0 Å². The Morgan fingerprint density at radius 3 is 2.50 bits per heavy atom. The SMILES string of the molecule is C=C1CCC[C@H](CN)C(C2(C)CCC(O)CC2CO)CCC1(C)C. The van der Waals surface area contributed by atoms with Gasteiger partial charge < -0.3 is 15.9 Å². The maximum Gasteiger partial charge on any atom is 0.0544 e. The third-order valence-corrected chi connectivity index (χ3v) is 7.54. The van der Waals surface area contributed by atoms with Crippen molar-refractivity contribution in [3.05, 3.63) is 12.2 Å². The fourth-order valence-electron chi connectivity index (χ4n) is 5.36. The Kier molecular flexibility index (Phi) is 6.55. The van der Waals surface area contributed by atoms with Crippen molar-refractivity contribution >= 4 is 0 Å². The summed E-state index contributed by atoms with van der Waals surface area (Å²) in [6, 6.07) is 0. The van der Waals surface area contributed by atoms with Gasteiger partial charge in [-0.1, -0.05) is 32.9 Å².